The van der Waals surface area contributed by atoms with Gasteiger partial charge in [0.2, 0.25) is 5.91 Å². The number of ether oxygens (including phenoxy) is 1. The van der Waals surface area contributed by atoms with Crippen molar-refractivity contribution in [3.8, 4) is 5.75 Å². The molecule has 3 rings (SSSR count). The number of anilines is 1. The molecule has 1 heterocycles. The number of nitrogens with one attached hydrogen (secondary N) is 1. The molecule has 1 aliphatic heterocycles. The summed E-state index contributed by atoms with van der Waals surface area (Å²) in [5.74, 6) is 0.677. The Labute approximate surface area is 154 Å². The number of hydrogen-bond acceptors (Lipinski definition) is 3. The maximum atomic E-state index is 12.7. The summed E-state index contributed by atoms with van der Waals surface area (Å²) in [5, 5.41) is 3.09. The Morgan fingerprint density at radius 2 is 1.81 bits per heavy atom. The first-order chi connectivity index (χ1) is 12.5. The largest absolute Gasteiger partial charge is 0.482 e. The number of benzene rings is 2. The van der Waals surface area contributed by atoms with Gasteiger partial charge in [-0.3, -0.25) is 14.5 Å². The van der Waals surface area contributed by atoms with E-state index in [9.17, 15) is 9.59 Å². The minimum Gasteiger partial charge on any atom is -0.482 e. The first-order valence-electron chi connectivity index (χ1n) is 8.91. The Hall–Kier alpha value is -2.82. The summed E-state index contributed by atoms with van der Waals surface area (Å²) in [6.07, 6.45) is 0.837. The normalized spacial score (nSPS) is 14.6. The third kappa shape index (κ3) is 4.23. The zero-order valence-electron chi connectivity index (χ0n) is 15.1. The van der Waals surface area contributed by atoms with Crippen LogP contribution in [-0.2, 0) is 9.59 Å². The number of carbonyl (C=O) groups is 2. The molecule has 0 saturated carbocycles. The number of hydrogen-bond donors (Lipinski definition) is 1. The SMILES string of the molecule is CC(C)CC(NC(=O)CN1C(=O)COc2ccccc21)c1ccccc1. The van der Waals surface area contributed by atoms with Gasteiger partial charge in [-0.05, 0) is 30.0 Å². The van der Waals surface area contributed by atoms with Crippen LogP contribution in [0.2, 0.25) is 0 Å². The molecule has 5 nitrogen and oxygen atoms in total. The zero-order valence-corrected chi connectivity index (χ0v) is 15.1. The molecule has 0 fully saturated rings. The maximum absolute atomic E-state index is 12.7. The van der Waals surface area contributed by atoms with Crippen LogP contribution in [0, 0.1) is 5.92 Å². The predicted molar refractivity (Wildman–Crippen MR) is 101 cm³/mol. The average molecular weight is 352 g/mol. The smallest absolute Gasteiger partial charge is 0.265 e. The summed E-state index contributed by atoms with van der Waals surface area (Å²) >= 11 is 0. The van der Waals surface area contributed by atoms with Crippen molar-refractivity contribution in [2.75, 3.05) is 18.1 Å². The quantitative estimate of drug-likeness (QED) is 0.868. The number of amides is 2. The molecule has 0 aromatic heterocycles. The fraction of sp³-hybridized carbons (Fsp3) is 0.333. The Balaban J connectivity index is 1.73. The molecule has 0 radical (unpaired) electrons. The molecule has 1 N–H and O–H groups in total. The molecule has 2 aromatic carbocycles. The van der Waals surface area contributed by atoms with Gasteiger partial charge in [-0.1, -0.05) is 56.3 Å². The zero-order chi connectivity index (χ0) is 18.5. The molecular weight excluding hydrogens is 328 g/mol. The van der Waals surface area contributed by atoms with Gasteiger partial charge in [-0.25, -0.2) is 0 Å². The van der Waals surface area contributed by atoms with E-state index in [1.54, 1.807) is 12.1 Å². The van der Waals surface area contributed by atoms with Gasteiger partial charge >= 0.3 is 0 Å². The first-order valence-corrected chi connectivity index (χ1v) is 8.91. The van der Waals surface area contributed by atoms with Gasteiger partial charge in [0.05, 0.1) is 11.7 Å². The predicted octanol–water partition coefficient (Wildman–Crippen LogP) is 3.32. The van der Waals surface area contributed by atoms with Crippen LogP contribution in [0.3, 0.4) is 0 Å². The lowest BCUT2D eigenvalue weighted by Gasteiger charge is -2.29. The van der Waals surface area contributed by atoms with E-state index in [4.69, 9.17) is 4.74 Å². The van der Waals surface area contributed by atoms with Gasteiger partial charge in [-0.15, -0.1) is 0 Å². The highest BCUT2D eigenvalue weighted by molar-refractivity contribution is 6.02. The van der Waals surface area contributed by atoms with E-state index >= 15 is 0 Å². The number of carbonyl (C=O) groups excluding carboxylic acids is 2. The molecule has 136 valence electrons. The van der Waals surface area contributed by atoms with Crippen LogP contribution in [0.1, 0.15) is 31.9 Å². The average Bonchev–Trinajstić information content (AvgIpc) is 2.64. The minimum absolute atomic E-state index is 0.0133. The highest BCUT2D eigenvalue weighted by atomic mass is 16.5. The first kappa shape index (κ1) is 18.0. The van der Waals surface area contributed by atoms with E-state index in [0.717, 1.165) is 12.0 Å². The third-order valence-corrected chi connectivity index (χ3v) is 4.35. The van der Waals surface area contributed by atoms with E-state index in [2.05, 4.69) is 19.2 Å². The molecule has 1 unspecified atom stereocenters. The number of fused-ring (bicyclic) bond motifs is 1. The molecule has 0 saturated heterocycles. The molecule has 5 heteroatoms. The van der Waals surface area contributed by atoms with Crippen molar-refractivity contribution in [3.05, 3.63) is 60.2 Å². The summed E-state index contributed by atoms with van der Waals surface area (Å²) < 4.78 is 5.43. The molecule has 1 atom stereocenters. The second-order valence-electron chi connectivity index (χ2n) is 6.90. The Morgan fingerprint density at radius 3 is 2.54 bits per heavy atom. The summed E-state index contributed by atoms with van der Waals surface area (Å²) in [6, 6.07) is 17.1. The van der Waals surface area contributed by atoms with E-state index < -0.39 is 0 Å². The highest BCUT2D eigenvalue weighted by Gasteiger charge is 2.27. The second-order valence-corrected chi connectivity index (χ2v) is 6.90. The van der Waals surface area contributed by atoms with Crippen molar-refractivity contribution in [2.24, 2.45) is 5.92 Å². The van der Waals surface area contributed by atoms with Crippen molar-refractivity contribution >= 4 is 17.5 Å². The Bertz CT molecular complexity index is 774. The van der Waals surface area contributed by atoms with Crippen LogP contribution in [0.5, 0.6) is 5.75 Å². The van der Waals surface area contributed by atoms with Crippen LogP contribution < -0.4 is 15.0 Å². The Morgan fingerprint density at radius 1 is 1.12 bits per heavy atom. The summed E-state index contributed by atoms with van der Waals surface area (Å²) in [6.45, 7) is 4.20. The monoisotopic (exact) mass is 352 g/mol. The number of para-hydroxylation sites is 2. The fourth-order valence-corrected chi connectivity index (χ4v) is 3.15. The van der Waals surface area contributed by atoms with Crippen molar-refractivity contribution in [2.45, 2.75) is 26.3 Å². The standard InChI is InChI=1S/C21H24N2O3/c1-15(2)12-17(16-8-4-3-5-9-16)22-20(24)13-23-18-10-6-7-11-19(18)26-14-21(23)25/h3-11,15,17H,12-14H2,1-2H3,(H,22,24). The lowest BCUT2D eigenvalue weighted by atomic mass is 9.97. The van der Waals surface area contributed by atoms with Crippen LogP contribution in [0.15, 0.2) is 54.6 Å². The van der Waals surface area contributed by atoms with Gasteiger partial charge in [0.1, 0.15) is 12.3 Å². The molecule has 26 heavy (non-hydrogen) atoms. The number of rotatable bonds is 6. The second kappa shape index (κ2) is 8.04. The topological polar surface area (TPSA) is 58.6 Å². The minimum atomic E-state index is -0.209. The van der Waals surface area contributed by atoms with Gasteiger partial charge in [0.25, 0.3) is 5.91 Å². The van der Waals surface area contributed by atoms with Gasteiger partial charge in [0.15, 0.2) is 6.61 Å². The molecule has 0 spiro atoms. The lowest BCUT2D eigenvalue weighted by molar-refractivity contribution is -0.125. The van der Waals surface area contributed by atoms with E-state index in [1.807, 2.05) is 42.5 Å². The van der Waals surface area contributed by atoms with Crippen molar-refractivity contribution in [1.29, 1.82) is 0 Å². The number of nitrogens with zero attached hydrogens (tertiary/aromatic N) is 1. The van der Waals surface area contributed by atoms with Crippen molar-refractivity contribution in [1.82, 2.24) is 5.32 Å². The molecule has 1 aliphatic rings. The van der Waals surface area contributed by atoms with Gasteiger partial charge in [0, 0.05) is 0 Å². The Kier molecular flexibility index (Phi) is 5.56. The lowest BCUT2D eigenvalue weighted by Crippen LogP contribution is -2.45. The van der Waals surface area contributed by atoms with Gasteiger partial charge < -0.3 is 10.1 Å². The highest BCUT2D eigenvalue weighted by Crippen LogP contribution is 2.31. The molecular formula is C21H24N2O3. The molecule has 0 bridgehead atoms. The van der Waals surface area contributed by atoms with Crippen LogP contribution >= 0.6 is 0 Å². The summed E-state index contributed by atoms with van der Waals surface area (Å²) in [5.41, 5.74) is 1.71. The van der Waals surface area contributed by atoms with E-state index in [0.29, 0.717) is 17.4 Å². The van der Waals surface area contributed by atoms with E-state index in [1.165, 1.54) is 4.90 Å². The molecule has 2 aromatic rings. The van der Waals surface area contributed by atoms with Crippen molar-refractivity contribution in [3.63, 3.8) is 0 Å². The van der Waals surface area contributed by atoms with E-state index in [-0.39, 0.29) is 31.0 Å². The van der Waals surface area contributed by atoms with Gasteiger partial charge in [-0.2, -0.15) is 0 Å². The van der Waals surface area contributed by atoms with Crippen LogP contribution in [0.4, 0.5) is 5.69 Å². The summed E-state index contributed by atoms with van der Waals surface area (Å²) in [4.78, 5) is 26.4. The summed E-state index contributed by atoms with van der Waals surface area (Å²) in [7, 11) is 0. The third-order valence-electron chi connectivity index (χ3n) is 4.35. The van der Waals surface area contributed by atoms with Crippen LogP contribution in [-0.4, -0.2) is 25.0 Å². The van der Waals surface area contributed by atoms with Crippen molar-refractivity contribution < 1.29 is 14.3 Å². The molecule has 0 aliphatic carbocycles. The molecule has 2 amide bonds. The fourth-order valence-electron chi connectivity index (χ4n) is 3.15. The van der Waals surface area contributed by atoms with Crippen LogP contribution in [0.25, 0.3) is 0 Å². The maximum Gasteiger partial charge on any atom is 0.265 e.